The van der Waals surface area contributed by atoms with E-state index in [2.05, 4.69) is 10.6 Å². The first-order valence-electron chi connectivity index (χ1n) is 9.04. The number of amides is 2. The van der Waals surface area contributed by atoms with Gasteiger partial charge in [0, 0.05) is 34.2 Å². The molecule has 1 atom stereocenters. The van der Waals surface area contributed by atoms with Gasteiger partial charge in [-0.15, -0.1) is 11.8 Å². The summed E-state index contributed by atoms with van der Waals surface area (Å²) in [7, 11) is -3.75. The van der Waals surface area contributed by atoms with Gasteiger partial charge in [-0.3, -0.25) is 9.59 Å². The van der Waals surface area contributed by atoms with Crippen LogP contribution in [0.1, 0.15) is 25.3 Å². The second kappa shape index (κ2) is 8.77. The van der Waals surface area contributed by atoms with Crippen LogP contribution in [-0.4, -0.2) is 31.2 Å². The molecule has 0 aromatic heterocycles. The maximum absolute atomic E-state index is 13.0. The Bertz CT molecular complexity index is 1070. The van der Waals surface area contributed by atoms with Crippen LogP contribution < -0.4 is 10.6 Å². The topological polar surface area (TPSA) is 92.3 Å². The Kier molecular flexibility index (Phi) is 6.55. The summed E-state index contributed by atoms with van der Waals surface area (Å²) in [5.41, 5.74) is 1.76. The molecule has 0 bridgehead atoms. The predicted molar refractivity (Wildman–Crippen MR) is 116 cm³/mol. The lowest BCUT2D eigenvalue weighted by molar-refractivity contribution is -0.116. The van der Waals surface area contributed by atoms with E-state index in [1.165, 1.54) is 30.8 Å². The molecule has 0 aliphatic carbocycles. The Labute approximate surface area is 179 Å². The Morgan fingerprint density at radius 2 is 2.07 bits per heavy atom. The van der Waals surface area contributed by atoms with Gasteiger partial charge in [0.2, 0.25) is 11.8 Å². The van der Waals surface area contributed by atoms with Crippen LogP contribution in [0.2, 0.25) is 5.02 Å². The van der Waals surface area contributed by atoms with Crippen LogP contribution in [0.3, 0.4) is 0 Å². The smallest absolute Gasteiger partial charge is 0.225 e. The fraction of sp³-hybridized carbons (Fsp3) is 0.300. The molecule has 2 amide bonds. The minimum atomic E-state index is -3.75. The van der Waals surface area contributed by atoms with Crippen LogP contribution in [0.25, 0.3) is 0 Å². The molecule has 9 heteroatoms. The molecular formula is C20H21ClN2O4S2. The van der Waals surface area contributed by atoms with E-state index in [1.807, 2.05) is 0 Å². The number of thioether (sulfide) groups is 1. The fourth-order valence-electron chi connectivity index (χ4n) is 2.92. The van der Waals surface area contributed by atoms with Crippen molar-refractivity contribution >= 4 is 56.4 Å². The molecule has 2 N–H and O–H groups in total. The van der Waals surface area contributed by atoms with E-state index in [0.29, 0.717) is 28.6 Å². The van der Waals surface area contributed by atoms with Crippen molar-refractivity contribution in [2.45, 2.75) is 41.7 Å². The minimum absolute atomic E-state index is 0.0817. The average molecular weight is 453 g/mol. The summed E-state index contributed by atoms with van der Waals surface area (Å²) in [5, 5.41) is 5.05. The van der Waals surface area contributed by atoms with Crippen LogP contribution >= 0.6 is 23.4 Å². The van der Waals surface area contributed by atoms with Gasteiger partial charge in [0.15, 0.2) is 9.84 Å². The summed E-state index contributed by atoms with van der Waals surface area (Å²) in [4.78, 5) is 25.1. The quantitative estimate of drug-likeness (QED) is 0.706. The molecule has 1 aliphatic rings. The molecule has 0 unspecified atom stereocenters. The molecule has 0 saturated heterocycles. The number of anilines is 2. The Morgan fingerprint density at radius 3 is 2.83 bits per heavy atom. The van der Waals surface area contributed by atoms with Crippen LogP contribution in [-0.2, 0) is 19.4 Å². The highest BCUT2D eigenvalue weighted by Crippen LogP contribution is 2.33. The number of carbonyl (C=O) groups is 2. The van der Waals surface area contributed by atoms with Gasteiger partial charge in [-0.05, 0) is 49.7 Å². The average Bonchev–Trinajstić information content (AvgIpc) is 2.85. The van der Waals surface area contributed by atoms with E-state index in [4.69, 9.17) is 11.6 Å². The highest BCUT2D eigenvalue weighted by molar-refractivity contribution is 7.99. The third-order valence-corrected chi connectivity index (χ3v) is 8.31. The van der Waals surface area contributed by atoms with Crippen molar-refractivity contribution < 1.29 is 18.0 Å². The largest absolute Gasteiger partial charge is 0.326 e. The van der Waals surface area contributed by atoms with E-state index in [1.54, 1.807) is 31.2 Å². The monoisotopic (exact) mass is 452 g/mol. The molecular weight excluding hydrogens is 432 g/mol. The van der Waals surface area contributed by atoms with Gasteiger partial charge < -0.3 is 10.6 Å². The Balaban J connectivity index is 1.76. The minimum Gasteiger partial charge on any atom is -0.326 e. The summed E-state index contributed by atoms with van der Waals surface area (Å²) in [6, 6.07) is 9.83. The van der Waals surface area contributed by atoms with Crippen LogP contribution in [0.5, 0.6) is 0 Å². The molecule has 6 nitrogen and oxygen atoms in total. The first-order chi connectivity index (χ1) is 13.7. The number of hydrogen-bond acceptors (Lipinski definition) is 5. The number of sulfone groups is 1. The normalized spacial score (nSPS) is 15.1. The number of fused-ring (bicyclic) bond motifs is 1. The van der Waals surface area contributed by atoms with E-state index in [0.717, 1.165) is 10.5 Å². The molecule has 1 aliphatic heterocycles. The summed E-state index contributed by atoms with van der Waals surface area (Å²) < 4.78 is 25.9. The number of carbonyl (C=O) groups excluding carboxylic acids is 2. The van der Waals surface area contributed by atoms with Crippen molar-refractivity contribution in [1.82, 2.24) is 0 Å². The summed E-state index contributed by atoms with van der Waals surface area (Å²) >= 11 is 7.56. The van der Waals surface area contributed by atoms with Crippen molar-refractivity contribution in [2.24, 2.45) is 0 Å². The SMILES string of the molecule is Cc1c(Cl)cccc1NC(=O)C[C@H](C)S(=O)(=O)c1ccc2c(c1)NC(=O)CCS2. The van der Waals surface area contributed by atoms with Gasteiger partial charge in [0.1, 0.15) is 0 Å². The Hall–Kier alpha value is -2.03. The zero-order valence-electron chi connectivity index (χ0n) is 16.0. The molecule has 29 heavy (non-hydrogen) atoms. The maximum Gasteiger partial charge on any atom is 0.225 e. The standard InChI is InChI=1S/C20H21ClN2O4S2/c1-12(10-20(25)22-16-5-3-4-15(21)13(16)2)29(26,27)14-6-7-18-17(11-14)23-19(24)8-9-28-18/h3-7,11-12H,8-10H2,1-2H3,(H,22,25)(H,23,24)/t12-/m0/s1. The third kappa shape index (κ3) is 4.94. The zero-order valence-corrected chi connectivity index (χ0v) is 18.4. The predicted octanol–water partition coefficient (Wildman–Crippen LogP) is 4.27. The molecule has 2 aromatic rings. The maximum atomic E-state index is 13.0. The van der Waals surface area contributed by atoms with Crippen LogP contribution in [0.15, 0.2) is 46.2 Å². The van der Waals surface area contributed by atoms with Crippen molar-refractivity contribution in [1.29, 1.82) is 0 Å². The summed E-state index contributed by atoms with van der Waals surface area (Å²) in [5.74, 6) is 0.0879. The van der Waals surface area contributed by atoms with E-state index < -0.39 is 21.0 Å². The second-order valence-corrected chi connectivity index (χ2v) is 10.7. The van der Waals surface area contributed by atoms with Gasteiger partial charge in [-0.1, -0.05) is 17.7 Å². The van der Waals surface area contributed by atoms with E-state index in [9.17, 15) is 18.0 Å². The molecule has 2 aromatic carbocycles. The molecule has 0 radical (unpaired) electrons. The molecule has 0 saturated carbocycles. The lowest BCUT2D eigenvalue weighted by atomic mass is 10.2. The van der Waals surface area contributed by atoms with Crippen molar-refractivity contribution in [3.63, 3.8) is 0 Å². The number of benzene rings is 2. The van der Waals surface area contributed by atoms with Crippen molar-refractivity contribution in [3.05, 3.63) is 47.0 Å². The first-order valence-corrected chi connectivity index (χ1v) is 11.9. The van der Waals surface area contributed by atoms with Gasteiger partial charge >= 0.3 is 0 Å². The number of halogens is 1. The zero-order chi connectivity index (χ0) is 21.2. The second-order valence-electron chi connectivity index (χ2n) is 6.82. The van der Waals surface area contributed by atoms with Crippen molar-refractivity contribution in [2.75, 3.05) is 16.4 Å². The summed E-state index contributed by atoms with van der Waals surface area (Å²) in [6.07, 6.45) is 0.174. The van der Waals surface area contributed by atoms with E-state index >= 15 is 0 Å². The van der Waals surface area contributed by atoms with Gasteiger partial charge in [0.05, 0.1) is 15.8 Å². The Morgan fingerprint density at radius 1 is 1.31 bits per heavy atom. The van der Waals surface area contributed by atoms with Crippen molar-refractivity contribution in [3.8, 4) is 0 Å². The van der Waals surface area contributed by atoms with Crippen LogP contribution in [0.4, 0.5) is 11.4 Å². The number of hydrogen-bond donors (Lipinski definition) is 2. The van der Waals surface area contributed by atoms with Crippen LogP contribution in [0, 0.1) is 6.92 Å². The molecule has 0 fully saturated rings. The highest BCUT2D eigenvalue weighted by Gasteiger charge is 2.27. The number of nitrogens with one attached hydrogen (secondary N) is 2. The van der Waals surface area contributed by atoms with Gasteiger partial charge in [-0.25, -0.2) is 8.42 Å². The molecule has 3 rings (SSSR count). The highest BCUT2D eigenvalue weighted by atomic mass is 35.5. The lowest BCUT2D eigenvalue weighted by Crippen LogP contribution is -2.25. The fourth-order valence-corrected chi connectivity index (χ4v) is 5.41. The number of rotatable bonds is 5. The third-order valence-electron chi connectivity index (χ3n) is 4.68. The molecule has 0 spiro atoms. The first kappa shape index (κ1) is 21.7. The van der Waals surface area contributed by atoms with Gasteiger partial charge in [0.25, 0.3) is 0 Å². The molecule has 154 valence electrons. The molecule has 1 heterocycles. The summed E-state index contributed by atoms with van der Waals surface area (Å²) in [6.45, 7) is 3.28. The van der Waals surface area contributed by atoms with E-state index in [-0.39, 0.29) is 17.2 Å². The van der Waals surface area contributed by atoms with Gasteiger partial charge in [-0.2, -0.15) is 0 Å². The lowest BCUT2D eigenvalue weighted by Gasteiger charge is -2.16.